The van der Waals surface area contributed by atoms with Crippen LogP contribution in [-0.4, -0.2) is 57.9 Å². The Morgan fingerprint density at radius 2 is 2.10 bits per heavy atom. The number of aromatic nitrogens is 2. The first-order valence-electron chi connectivity index (χ1n) is 9.75. The molecule has 2 fully saturated rings. The molecule has 0 radical (unpaired) electrons. The first-order valence-corrected chi connectivity index (χ1v) is 10.6. The summed E-state index contributed by atoms with van der Waals surface area (Å²) in [6, 6.07) is 3.87. The van der Waals surface area contributed by atoms with Gasteiger partial charge in [0.25, 0.3) is 0 Å². The van der Waals surface area contributed by atoms with Crippen LogP contribution in [-0.2, 0) is 11.2 Å². The van der Waals surface area contributed by atoms with Crippen LogP contribution in [0, 0.1) is 23.7 Å². The maximum atomic E-state index is 12.9. The summed E-state index contributed by atoms with van der Waals surface area (Å²) in [6.45, 7) is 3.71. The van der Waals surface area contributed by atoms with Crippen molar-refractivity contribution < 1.29 is 15.0 Å². The number of fused-ring (bicyclic) bond motifs is 1. The number of rotatable bonds is 5. The standard InChI is InChI=1S/C20H26N4O3S.ClH/c1-11-16(14-8-22-9-15(14)18(26)17(11)25)19(27)23-6-4-13-10-28-20(24-13)12-3-2-5-21-7-12;/h2-3,5,7,10-11,14-18,22,25-26H,4,6,8-9H2,1H3,(H,23,27);1H/t11-,14+,15+,16+,17+,18+;/m1./s1. The van der Waals surface area contributed by atoms with E-state index < -0.39 is 12.2 Å². The van der Waals surface area contributed by atoms with Gasteiger partial charge in [-0.1, -0.05) is 6.92 Å². The molecule has 0 unspecified atom stereocenters. The molecule has 1 saturated heterocycles. The average Bonchev–Trinajstić information content (AvgIpc) is 3.37. The van der Waals surface area contributed by atoms with Crippen molar-refractivity contribution in [2.75, 3.05) is 19.6 Å². The number of amides is 1. The molecule has 6 atom stereocenters. The molecule has 0 spiro atoms. The topological polar surface area (TPSA) is 107 Å². The molecule has 3 heterocycles. The van der Waals surface area contributed by atoms with E-state index in [1.165, 1.54) is 0 Å². The van der Waals surface area contributed by atoms with Gasteiger partial charge in [-0.25, -0.2) is 4.98 Å². The lowest BCUT2D eigenvalue weighted by Crippen LogP contribution is -2.55. The van der Waals surface area contributed by atoms with Crippen LogP contribution in [0.1, 0.15) is 12.6 Å². The van der Waals surface area contributed by atoms with Crippen molar-refractivity contribution in [1.29, 1.82) is 0 Å². The highest BCUT2D eigenvalue weighted by atomic mass is 35.5. The third kappa shape index (κ3) is 4.46. The van der Waals surface area contributed by atoms with Gasteiger partial charge in [-0.2, -0.15) is 0 Å². The number of hydrogen-bond donors (Lipinski definition) is 4. The highest BCUT2D eigenvalue weighted by Crippen LogP contribution is 2.41. The first kappa shape index (κ1) is 22.1. The number of nitrogens with one attached hydrogen (secondary N) is 2. The molecule has 0 bridgehead atoms. The van der Waals surface area contributed by atoms with Gasteiger partial charge in [0.2, 0.25) is 5.91 Å². The van der Waals surface area contributed by atoms with E-state index >= 15 is 0 Å². The number of aliphatic hydroxyl groups is 2. The molecule has 2 aromatic heterocycles. The van der Waals surface area contributed by atoms with E-state index in [1.54, 1.807) is 23.7 Å². The maximum absolute atomic E-state index is 12.9. The first-order chi connectivity index (χ1) is 13.6. The molecule has 4 N–H and O–H groups in total. The SMILES string of the molecule is C[C@H]1[C@H](O)[C@@H](O)[C@H]2CNC[C@@H]2[C@H]1C(=O)NCCc1csc(-c2cccnc2)n1.Cl. The number of thiazole rings is 1. The minimum Gasteiger partial charge on any atom is -0.390 e. The van der Waals surface area contributed by atoms with Gasteiger partial charge < -0.3 is 20.8 Å². The van der Waals surface area contributed by atoms with Crippen molar-refractivity contribution >= 4 is 29.7 Å². The van der Waals surface area contributed by atoms with E-state index in [1.807, 2.05) is 24.4 Å². The molecule has 4 rings (SSSR count). The summed E-state index contributed by atoms with van der Waals surface area (Å²) in [5.41, 5.74) is 1.93. The van der Waals surface area contributed by atoms with Gasteiger partial charge in [-0.3, -0.25) is 9.78 Å². The Kier molecular flexibility index (Phi) is 7.23. The second-order valence-corrected chi connectivity index (χ2v) is 8.64. The Bertz CT molecular complexity index is 821. The van der Waals surface area contributed by atoms with Crippen molar-refractivity contribution in [1.82, 2.24) is 20.6 Å². The second kappa shape index (κ2) is 9.49. The maximum Gasteiger partial charge on any atom is 0.223 e. The molecular formula is C20H27ClN4O3S. The van der Waals surface area contributed by atoms with Crippen LogP contribution in [0.3, 0.4) is 0 Å². The Morgan fingerprint density at radius 1 is 1.31 bits per heavy atom. The van der Waals surface area contributed by atoms with E-state index in [4.69, 9.17) is 0 Å². The molecule has 1 amide bonds. The van der Waals surface area contributed by atoms with Gasteiger partial charge in [0.1, 0.15) is 5.01 Å². The second-order valence-electron chi connectivity index (χ2n) is 7.78. The quantitative estimate of drug-likeness (QED) is 0.557. The largest absolute Gasteiger partial charge is 0.390 e. The molecule has 1 aliphatic carbocycles. The molecule has 1 aliphatic heterocycles. The molecule has 158 valence electrons. The normalized spacial score (nSPS) is 31.0. The van der Waals surface area contributed by atoms with Crippen molar-refractivity contribution in [3.8, 4) is 10.6 Å². The number of aliphatic hydroxyl groups excluding tert-OH is 2. The van der Waals surface area contributed by atoms with Gasteiger partial charge in [0.15, 0.2) is 0 Å². The van der Waals surface area contributed by atoms with E-state index in [2.05, 4.69) is 20.6 Å². The average molecular weight is 439 g/mol. The Hall–Kier alpha value is -1.58. The summed E-state index contributed by atoms with van der Waals surface area (Å²) in [7, 11) is 0. The summed E-state index contributed by atoms with van der Waals surface area (Å²) < 4.78 is 0. The number of hydrogen-bond acceptors (Lipinski definition) is 7. The zero-order chi connectivity index (χ0) is 19.7. The number of halogens is 1. The minimum atomic E-state index is -0.863. The third-order valence-electron chi connectivity index (χ3n) is 6.11. The Labute approximate surface area is 180 Å². The highest BCUT2D eigenvalue weighted by Gasteiger charge is 2.52. The third-order valence-corrected chi connectivity index (χ3v) is 7.05. The summed E-state index contributed by atoms with van der Waals surface area (Å²) >= 11 is 1.57. The number of carbonyl (C=O) groups excluding carboxylic acids is 1. The molecule has 0 aromatic carbocycles. The van der Waals surface area contributed by atoms with Gasteiger partial charge in [-0.05, 0) is 30.5 Å². The van der Waals surface area contributed by atoms with E-state index in [-0.39, 0.29) is 42.0 Å². The van der Waals surface area contributed by atoms with Gasteiger partial charge >= 0.3 is 0 Å². The monoisotopic (exact) mass is 438 g/mol. The number of pyridine rings is 1. The smallest absolute Gasteiger partial charge is 0.223 e. The fourth-order valence-corrected chi connectivity index (χ4v) is 5.41. The van der Waals surface area contributed by atoms with Crippen molar-refractivity contribution in [3.05, 3.63) is 35.6 Å². The summed E-state index contributed by atoms with van der Waals surface area (Å²) in [6.07, 6.45) is 2.56. The Morgan fingerprint density at radius 3 is 2.86 bits per heavy atom. The van der Waals surface area contributed by atoms with E-state index in [0.29, 0.717) is 26.1 Å². The predicted molar refractivity (Wildman–Crippen MR) is 114 cm³/mol. The lowest BCUT2D eigenvalue weighted by Gasteiger charge is -2.43. The summed E-state index contributed by atoms with van der Waals surface area (Å²) in [5, 5.41) is 29.9. The van der Waals surface area contributed by atoms with Crippen LogP contribution in [0.5, 0.6) is 0 Å². The van der Waals surface area contributed by atoms with Gasteiger partial charge in [-0.15, -0.1) is 23.7 Å². The summed E-state index contributed by atoms with van der Waals surface area (Å²) in [5.74, 6) is -0.611. The van der Waals surface area contributed by atoms with Crippen LogP contribution in [0.25, 0.3) is 10.6 Å². The summed E-state index contributed by atoms with van der Waals surface area (Å²) in [4.78, 5) is 21.6. The van der Waals surface area contributed by atoms with Crippen LogP contribution in [0.4, 0.5) is 0 Å². The zero-order valence-corrected chi connectivity index (χ0v) is 17.8. The number of carbonyl (C=O) groups is 1. The molecule has 1 saturated carbocycles. The fourth-order valence-electron chi connectivity index (χ4n) is 4.56. The van der Waals surface area contributed by atoms with Crippen LogP contribution in [0.2, 0.25) is 0 Å². The fraction of sp³-hybridized carbons (Fsp3) is 0.550. The molecule has 2 aromatic rings. The van der Waals surface area contributed by atoms with Crippen LogP contribution < -0.4 is 10.6 Å². The van der Waals surface area contributed by atoms with Gasteiger partial charge in [0.05, 0.1) is 17.9 Å². The lowest BCUT2D eigenvalue weighted by atomic mass is 9.65. The van der Waals surface area contributed by atoms with Crippen molar-refractivity contribution in [2.24, 2.45) is 23.7 Å². The minimum absolute atomic E-state index is 0. The molecule has 9 heteroatoms. The van der Waals surface area contributed by atoms with E-state index in [0.717, 1.165) is 16.3 Å². The number of nitrogens with zero attached hydrogens (tertiary/aromatic N) is 2. The van der Waals surface area contributed by atoms with Crippen molar-refractivity contribution in [2.45, 2.75) is 25.6 Å². The van der Waals surface area contributed by atoms with Crippen molar-refractivity contribution in [3.63, 3.8) is 0 Å². The Balaban J connectivity index is 0.00000240. The molecule has 29 heavy (non-hydrogen) atoms. The lowest BCUT2D eigenvalue weighted by molar-refractivity contribution is -0.145. The van der Waals surface area contributed by atoms with E-state index in [9.17, 15) is 15.0 Å². The van der Waals surface area contributed by atoms with Crippen LogP contribution in [0.15, 0.2) is 29.9 Å². The zero-order valence-electron chi connectivity index (χ0n) is 16.2. The predicted octanol–water partition coefficient (Wildman–Crippen LogP) is 1.11. The van der Waals surface area contributed by atoms with Crippen LogP contribution >= 0.6 is 23.7 Å². The highest BCUT2D eigenvalue weighted by molar-refractivity contribution is 7.13. The van der Waals surface area contributed by atoms with Gasteiger partial charge in [0, 0.05) is 54.7 Å². The molecule has 2 aliphatic rings. The molecule has 7 nitrogen and oxygen atoms in total. The molecular weight excluding hydrogens is 412 g/mol.